The van der Waals surface area contributed by atoms with Crippen molar-refractivity contribution in [2.75, 3.05) is 36.5 Å². The second-order valence-electron chi connectivity index (χ2n) is 6.01. The molecule has 1 fully saturated rings. The molecular formula is C19H19ClF2N2O3. The number of hydrogen-bond acceptors (Lipinski definition) is 4. The summed E-state index contributed by atoms with van der Waals surface area (Å²) in [6.45, 7) is -0.154. The standard InChI is InChI=1S/C19H19ClF2N2O3/c20-14-3-6-17(24-7-9-26-10-8-24)16(12-14)23-18(25)11-13-1-4-15(5-2-13)27-19(21)22/h1-6,12,19H,7-11H2,(H,23,25). The Morgan fingerprint density at radius 2 is 1.89 bits per heavy atom. The van der Waals surface area contributed by atoms with Crippen LogP contribution < -0.4 is 15.0 Å². The summed E-state index contributed by atoms with van der Waals surface area (Å²) in [6, 6.07) is 11.4. The summed E-state index contributed by atoms with van der Waals surface area (Å²) in [5, 5.41) is 3.41. The van der Waals surface area contributed by atoms with Gasteiger partial charge in [0, 0.05) is 18.1 Å². The fourth-order valence-corrected chi connectivity index (χ4v) is 3.03. The Labute approximate surface area is 160 Å². The molecule has 0 radical (unpaired) electrons. The highest BCUT2D eigenvalue weighted by Crippen LogP contribution is 2.30. The molecule has 1 N–H and O–H groups in total. The van der Waals surface area contributed by atoms with E-state index in [0.717, 1.165) is 18.8 Å². The lowest BCUT2D eigenvalue weighted by atomic mass is 10.1. The Hall–Kier alpha value is -2.38. The first-order chi connectivity index (χ1) is 13.0. The largest absolute Gasteiger partial charge is 0.435 e. The van der Waals surface area contributed by atoms with Gasteiger partial charge in [-0.15, -0.1) is 0 Å². The lowest BCUT2D eigenvalue weighted by Crippen LogP contribution is -2.36. The zero-order valence-electron chi connectivity index (χ0n) is 14.5. The van der Waals surface area contributed by atoms with Gasteiger partial charge < -0.3 is 19.7 Å². The molecule has 2 aromatic rings. The van der Waals surface area contributed by atoms with E-state index in [4.69, 9.17) is 16.3 Å². The van der Waals surface area contributed by atoms with E-state index in [2.05, 4.69) is 15.0 Å². The maximum Gasteiger partial charge on any atom is 0.387 e. The van der Waals surface area contributed by atoms with Crippen molar-refractivity contribution in [1.82, 2.24) is 0 Å². The van der Waals surface area contributed by atoms with Gasteiger partial charge in [0.05, 0.1) is 31.0 Å². The minimum absolute atomic E-state index is 0.0543. The fraction of sp³-hybridized carbons (Fsp3) is 0.316. The molecule has 1 heterocycles. The van der Waals surface area contributed by atoms with Crippen LogP contribution >= 0.6 is 11.6 Å². The summed E-state index contributed by atoms with van der Waals surface area (Å²) in [5.41, 5.74) is 2.20. The number of nitrogens with one attached hydrogen (secondary N) is 1. The number of carbonyl (C=O) groups excluding carboxylic acids is 1. The number of alkyl halides is 2. The van der Waals surface area contributed by atoms with Gasteiger partial charge >= 0.3 is 6.61 Å². The molecule has 2 aromatic carbocycles. The quantitative estimate of drug-likeness (QED) is 0.803. The summed E-state index contributed by atoms with van der Waals surface area (Å²) in [4.78, 5) is 14.6. The van der Waals surface area contributed by atoms with Gasteiger partial charge in [0.2, 0.25) is 5.91 Å². The van der Waals surface area contributed by atoms with Crippen LogP contribution in [-0.4, -0.2) is 38.8 Å². The van der Waals surface area contributed by atoms with E-state index in [1.807, 2.05) is 6.07 Å². The molecule has 1 saturated heterocycles. The smallest absolute Gasteiger partial charge is 0.387 e. The van der Waals surface area contributed by atoms with Gasteiger partial charge in [0.25, 0.3) is 0 Å². The summed E-state index contributed by atoms with van der Waals surface area (Å²) < 4.78 is 34.0. The van der Waals surface area contributed by atoms with Crippen molar-refractivity contribution in [3.05, 3.63) is 53.1 Å². The Bertz CT molecular complexity index is 781. The lowest BCUT2D eigenvalue weighted by Gasteiger charge is -2.30. The second kappa shape index (κ2) is 9.01. The molecule has 0 saturated carbocycles. The molecule has 0 aliphatic carbocycles. The molecule has 3 rings (SSSR count). The average Bonchev–Trinajstić information content (AvgIpc) is 2.64. The molecular weight excluding hydrogens is 378 g/mol. The van der Waals surface area contributed by atoms with Crippen LogP contribution in [0.25, 0.3) is 0 Å². The highest BCUT2D eigenvalue weighted by atomic mass is 35.5. The number of morpholine rings is 1. The van der Waals surface area contributed by atoms with Crippen LogP contribution in [0.4, 0.5) is 20.2 Å². The maximum atomic E-state index is 12.4. The Morgan fingerprint density at radius 3 is 2.56 bits per heavy atom. The minimum Gasteiger partial charge on any atom is -0.435 e. The molecule has 0 atom stereocenters. The van der Waals surface area contributed by atoms with Crippen LogP contribution in [0.2, 0.25) is 5.02 Å². The van der Waals surface area contributed by atoms with Crippen molar-refractivity contribution >= 4 is 28.9 Å². The molecule has 0 bridgehead atoms. The Balaban J connectivity index is 1.67. The summed E-state index contributed by atoms with van der Waals surface area (Å²) in [6.07, 6.45) is 0.101. The van der Waals surface area contributed by atoms with E-state index in [9.17, 15) is 13.6 Å². The predicted molar refractivity (Wildman–Crippen MR) is 99.9 cm³/mol. The molecule has 0 aromatic heterocycles. The van der Waals surface area contributed by atoms with Crippen LogP contribution in [0.5, 0.6) is 5.75 Å². The second-order valence-corrected chi connectivity index (χ2v) is 6.44. The van der Waals surface area contributed by atoms with E-state index in [0.29, 0.717) is 29.5 Å². The van der Waals surface area contributed by atoms with Crippen LogP contribution in [0.3, 0.4) is 0 Å². The monoisotopic (exact) mass is 396 g/mol. The molecule has 8 heteroatoms. The topological polar surface area (TPSA) is 50.8 Å². The number of nitrogens with zero attached hydrogens (tertiary/aromatic N) is 1. The van der Waals surface area contributed by atoms with E-state index < -0.39 is 6.61 Å². The normalized spacial score (nSPS) is 14.3. The van der Waals surface area contributed by atoms with Gasteiger partial charge in [0.1, 0.15) is 5.75 Å². The molecule has 0 spiro atoms. The Kier molecular flexibility index (Phi) is 6.47. The van der Waals surface area contributed by atoms with E-state index in [1.165, 1.54) is 12.1 Å². The third-order valence-corrected chi connectivity index (χ3v) is 4.33. The first kappa shape index (κ1) is 19.4. The number of benzene rings is 2. The number of ether oxygens (including phenoxy) is 2. The van der Waals surface area contributed by atoms with Crippen LogP contribution in [0.15, 0.2) is 42.5 Å². The SMILES string of the molecule is O=C(Cc1ccc(OC(F)F)cc1)Nc1cc(Cl)ccc1N1CCOCC1. The lowest BCUT2D eigenvalue weighted by molar-refractivity contribution is -0.115. The van der Waals surface area contributed by atoms with Gasteiger partial charge in [-0.05, 0) is 35.9 Å². The minimum atomic E-state index is -2.87. The third kappa shape index (κ3) is 5.55. The summed E-state index contributed by atoms with van der Waals surface area (Å²) in [5.74, 6) is -0.173. The molecule has 1 aliphatic heterocycles. The van der Waals surface area contributed by atoms with Crippen molar-refractivity contribution in [2.45, 2.75) is 13.0 Å². The van der Waals surface area contributed by atoms with Crippen molar-refractivity contribution in [3.63, 3.8) is 0 Å². The highest BCUT2D eigenvalue weighted by Gasteiger charge is 2.17. The van der Waals surface area contributed by atoms with Gasteiger partial charge in [-0.2, -0.15) is 8.78 Å². The number of halogens is 3. The predicted octanol–water partition coefficient (Wildman–Crippen LogP) is 3.96. The first-order valence-corrected chi connectivity index (χ1v) is 8.85. The first-order valence-electron chi connectivity index (χ1n) is 8.47. The molecule has 27 heavy (non-hydrogen) atoms. The number of carbonyl (C=O) groups is 1. The fourth-order valence-electron chi connectivity index (χ4n) is 2.86. The van der Waals surface area contributed by atoms with Crippen molar-refractivity contribution in [2.24, 2.45) is 0 Å². The van der Waals surface area contributed by atoms with Crippen LogP contribution in [0, 0.1) is 0 Å². The van der Waals surface area contributed by atoms with Gasteiger partial charge in [-0.1, -0.05) is 23.7 Å². The Morgan fingerprint density at radius 1 is 1.19 bits per heavy atom. The number of rotatable bonds is 6. The summed E-state index contributed by atoms with van der Waals surface area (Å²) >= 11 is 6.09. The van der Waals surface area contributed by atoms with Crippen LogP contribution in [-0.2, 0) is 16.0 Å². The van der Waals surface area contributed by atoms with Gasteiger partial charge in [-0.3, -0.25) is 4.79 Å². The van der Waals surface area contributed by atoms with E-state index in [-0.39, 0.29) is 18.1 Å². The molecule has 0 unspecified atom stereocenters. The zero-order chi connectivity index (χ0) is 19.2. The number of anilines is 2. The number of hydrogen-bond donors (Lipinski definition) is 1. The number of amides is 1. The van der Waals surface area contributed by atoms with Crippen LogP contribution in [0.1, 0.15) is 5.56 Å². The zero-order valence-corrected chi connectivity index (χ0v) is 15.2. The highest BCUT2D eigenvalue weighted by molar-refractivity contribution is 6.31. The molecule has 1 amide bonds. The molecule has 5 nitrogen and oxygen atoms in total. The van der Waals surface area contributed by atoms with Gasteiger partial charge in [-0.25, -0.2) is 0 Å². The van der Waals surface area contributed by atoms with Crippen molar-refractivity contribution in [3.8, 4) is 5.75 Å². The van der Waals surface area contributed by atoms with Crippen molar-refractivity contribution < 1.29 is 23.0 Å². The van der Waals surface area contributed by atoms with Crippen molar-refractivity contribution in [1.29, 1.82) is 0 Å². The third-order valence-electron chi connectivity index (χ3n) is 4.10. The molecule has 144 valence electrons. The van der Waals surface area contributed by atoms with E-state index in [1.54, 1.807) is 24.3 Å². The molecule has 1 aliphatic rings. The average molecular weight is 397 g/mol. The summed E-state index contributed by atoms with van der Waals surface area (Å²) in [7, 11) is 0. The van der Waals surface area contributed by atoms with E-state index >= 15 is 0 Å². The van der Waals surface area contributed by atoms with Gasteiger partial charge in [0.15, 0.2) is 0 Å². The maximum absolute atomic E-state index is 12.4.